The fourth-order valence-electron chi connectivity index (χ4n) is 3.80. The van der Waals surface area contributed by atoms with E-state index in [0.29, 0.717) is 25.6 Å². The lowest BCUT2D eigenvalue weighted by molar-refractivity contribution is 0.0140. The second-order valence-corrected chi connectivity index (χ2v) is 9.81. The molecule has 1 saturated heterocycles. The molecule has 3 aromatic rings. The number of amides is 1. The highest BCUT2D eigenvalue weighted by atomic mass is 127. The second kappa shape index (κ2) is 8.60. The number of rotatable bonds is 3. The Morgan fingerprint density at radius 3 is 2.68 bits per heavy atom. The van der Waals surface area contributed by atoms with E-state index in [1.165, 1.54) is 5.56 Å². The number of halogens is 1. The smallest absolute Gasteiger partial charge is 0.410 e. The lowest BCUT2D eigenvalue weighted by Crippen LogP contribution is -2.57. The molecule has 2 aromatic heterocycles. The van der Waals surface area contributed by atoms with Crippen LogP contribution < -0.4 is 4.90 Å². The zero-order valence-electron chi connectivity index (χ0n) is 18.2. The predicted molar refractivity (Wildman–Crippen MR) is 128 cm³/mol. The van der Waals surface area contributed by atoms with E-state index < -0.39 is 5.60 Å². The van der Waals surface area contributed by atoms with Crippen LogP contribution in [-0.2, 0) is 18.2 Å². The molecule has 0 radical (unpaired) electrons. The van der Waals surface area contributed by atoms with Crippen molar-refractivity contribution in [3.8, 4) is 0 Å². The highest BCUT2D eigenvalue weighted by Crippen LogP contribution is 2.24. The first-order valence-corrected chi connectivity index (χ1v) is 11.4. The monoisotopic (exact) mass is 534 g/mol. The number of nitrogens with zero attached hydrogens (tertiary/aromatic N) is 6. The average molecular weight is 534 g/mol. The maximum Gasteiger partial charge on any atom is 0.410 e. The molecule has 0 bridgehead atoms. The van der Waals surface area contributed by atoms with E-state index in [9.17, 15) is 4.79 Å². The number of anilines is 1. The van der Waals surface area contributed by atoms with Crippen molar-refractivity contribution in [3.05, 3.63) is 45.8 Å². The molecule has 0 saturated carbocycles. The molecule has 4 rings (SSSR count). The normalized spacial score (nSPS) is 17.3. The summed E-state index contributed by atoms with van der Waals surface area (Å²) >= 11 is 2.20. The Balaban J connectivity index is 1.60. The number of benzene rings is 1. The zero-order valence-corrected chi connectivity index (χ0v) is 20.4. The molecule has 1 amide bonds. The number of hydrogen-bond donors (Lipinski definition) is 0. The van der Waals surface area contributed by atoms with Crippen LogP contribution in [0.5, 0.6) is 0 Å². The molecular formula is C22H27IN6O2. The van der Waals surface area contributed by atoms with Crippen LogP contribution >= 0.6 is 22.6 Å². The molecule has 9 heteroatoms. The minimum absolute atomic E-state index is 0.0445. The fourth-order valence-corrected chi connectivity index (χ4v) is 4.50. The topological polar surface area (TPSA) is 76.4 Å². The number of piperazine rings is 1. The van der Waals surface area contributed by atoms with E-state index in [-0.39, 0.29) is 12.1 Å². The number of carbonyl (C=O) groups is 1. The lowest BCUT2D eigenvalue weighted by atomic mass is 10.0. The molecule has 1 atom stereocenters. The molecule has 1 aromatic carbocycles. The average Bonchev–Trinajstić information content (AvgIpc) is 3.00. The van der Waals surface area contributed by atoms with Crippen LogP contribution in [-0.4, -0.2) is 62.0 Å². The molecule has 1 aliphatic heterocycles. The highest BCUT2D eigenvalue weighted by molar-refractivity contribution is 14.1. The van der Waals surface area contributed by atoms with Gasteiger partial charge in [-0.3, -0.25) is 0 Å². The molecule has 0 aliphatic carbocycles. The van der Waals surface area contributed by atoms with Crippen LogP contribution in [0, 0.1) is 3.70 Å². The molecule has 0 unspecified atom stereocenters. The number of aryl methyl sites for hydroxylation is 1. The quantitative estimate of drug-likeness (QED) is 0.478. The summed E-state index contributed by atoms with van der Waals surface area (Å²) in [6.07, 6.45) is 2.30. The van der Waals surface area contributed by atoms with Gasteiger partial charge in [-0.15, -0.1) is 0 Å². The van der Waals surface area contributed by atoms with Gasteiger partial charge in [0.2, 0.25) is 5.95 Å². The minimum atomic E-state index is -0.531. The van der Waals surface area contributed by atoms with E-state index in [1.807, 2.05) is 57.1 Å². The number of hydrogen-bond acceptors (Lipinski definition) is 6. The van der Waals surface area contributed by atoms with Gasteiger partial charge < -0.3 is 14.5 Å². The van der Waals surface area contributed by atoms with Gasteiger partial charge in [0, 0.05) is 32.9 Å². The van der Waals surface area contributed by atoms with Gasteiger partial charge in [-0.2, -0.15) is 10.1 Å². The predicted octanol–water partition coefficient (Wildman–Crippen LogP) is 3.64. The molecule has 8 nitrogen and oxygen atoms in total. The van der Waals surface area contributed by atoms with Crippen molar-refractivity contribution in [1.29, 1.82) is 0 Å². The van der Waals surface area contributed by atoms with E-state index >= 15 is 0 Å². The first-order chi connectivity index (χ1) is 14.7. The molecule has 1 aliphatic rings. The van der Waals surface area contributed by atoms with Crippen LogP contribution in [0.3, 0.4) is 0 Å². The summed E-state index contributed by atoms with van der Waals surface area (Å²) in [6, 6.07) is 10.2. The lowest BCUT2D eigenvalue weighted by Gasteiger charge is -2.41. The fraction of sp³-hybridized carbons (Fsp3) is 0.455. The summed E-state index contributed by atoms with van der Waals surface area (Å²) in [7, 11) is 1.89. The van der Waals surface area contributed by atoms with Crippen LogP contribution in [0.25, 0.3) is 11.0 Å². The van der Waals surface area contributed by atoms with Gasteiger partial charge in [0.05, 0.1) is 11.4 Å². The maximum absolute atomic E-state index is 12.9. The zero-order chi connectivity index (χ0) is 22.2. The SMILES string of the molecule is Cn1nc(I)c2cnc(N3CCN(C(=O)OC(C)(C)C)[C@@H](Cc4ccccc4)C3)nc21. The third-order valence-electron chi connectivity index (χ3n) is 5.23. The molecule has 31 heavy (non-hydrogen) atoms. The van der Waals surface area contributed by atoms with Crippen molar-refractivity contribution in [1.82, 2.24) is 24.6 Å². The number of carbonyl (C=O) groups excluding carboxylic acids is 1. The molecule has 0 spiro atoms. The van der Waals surface area contributed by atoms with Gasteiger partial charge in [0.15, 0.2) is 5.65 Å². The Kier molecular flexibility index (Phi) is 6.05. The summed E-state index contributed by atoms with van der Waals surface area (Å²) in [5.41, 5.74) is 1.46. The Hall–Kier alpha value is -2.43. The van der Waals surface area contributed by atoms with Crippen molar-refractivity contribution in [2.24, 2.45) is 7.05 Å². The maximum atomic E-state index is 12.9. The third-order valence-corrected chi connectivity index (χ3v) is 6.03. The molecule has 3 heterocycles. The number of fused-ring (bicyclic) bond motifs is 1. The van der Waals surface area contributed by atoms with E-state index in [0.717, 1.165) is 21.2 Å². The van der Waals surface area contributed by atoms with Crippen LogP contribution in [0.4, 0.5) is 10.7 Å². The largest absolute Gasteiger partial charge is 0.444 e. The standard InChI is InChI=1S/C22H27IN6O2/c1-22(2,3)31-21(30)29-11-10-28(14-16(29)12-15-8-6-5-7-9-15)20-24-13-17-18(23)26-27(4)19(17)25-20/h5-9,13,16H,10-12,14H2,1-4H3/t16-/m0/s1. The summed E-state index contributed by atoms with van der Waals surface area (Å²) in [5, 5.41) is 5.37. The Labute approximate surface area is 195 Å². The van der Waals surface area contributed by atoms with E-state index in [1.54, 1.807) is 4.68 Å². The highest BCUT2D eigenvalue weighted by Gasteiger charge is 2.34. The summed E-state index contributed by atoms with van der Waals surface area (Å²) in [4.78, 5) is 26.3. The van der Waals surface area contributed by atoms with Gasteiger partial charge in [0.25, 0.3) is 0 Å². The van der Waals surface area contributed by atoms with Gasteiger partial charge in [0.1, 0.15) is 9.30 Å². The number of ether oxygens (including phenoxy) is 1. The Bertz CT molecular complexity index is 1080. The number of aromatic nitrogens is 4. The molecule has 164 valence electrons. The molecular weight excluding hydrogens is 507 g/mol. The van der Waals surface area contributed by atoms with Crippen LogP contribution in [0.15, 0.2) is 36.5 Å². The summed E-state index contributed by atoms with van der Waals surface area (Å²) in [5.74, 6) is 0.661. The minimum Gasteiger partial charge on any atom is -0.444 e. The van der Waals surface area contributed by atoms with Crippen LogP contribution in [0.1, 0.15) is 26.3 Å². The Morgan fingerprint density at radius 2 is 1.97 bits per heavy atom. The van der Waals surface area contributed by atoms with Gasteiger partial charge in [-0.05, 0) is 55.3 Å². The summed E-state index contributed by atoms with van der Waals surface area (Å²) < 4.78 is 8.35. The van der Waals surface area contributed by atoms with Crippen molar-refractivity contribution in [3.63, 3.8) is 0 Å². The first kappa shape index (κ1) is 21.8. The first-order valence-electron chi connectivity index (χ1n) is 10.3. The van der Waals surface area contributed by atoms with Crippen molar-refractivity contribution < 1.29 is 9.53 Å². The molecule has 0 N–H and O–H groups in total. The third kappa shape index (κ3) is 4.91. The van der Waals surface area contributed by atoms with Crippen LogP contribution in [0.2, 0.25) is 0 Å². The van der Waals surface area contributed by atoms with Gasteiger partial charge >= 0.3 is 6.09 Å². The Morgan fingerprint density at radius 1 is 1.23 bits per heavy atom. The van der Waals surface area contributed by atoms with Crippen molar-refractivity contribution in [2.45, 2.75) is 38.8 Å². The summed E-state index contributed by atoms with van der Waals surface area (Å²) in [6.45, 7) is 7.51. The second-order valence-electron chi connectivity index (χ2n) is 8.78. The van der Waals surface area contributed by atoms with E-state index in [2.05, 4.69) is 49.7 Å². The molecule has 1 fully saturated rings. The van der Waals surface area contributed by atoms with Crippen molar-refractivity contribution >= 4 is 45.7 Å². The van der Waals surface area contributed by atoms with Crippen molar-refractivity contribution in [2.75, 3.05) is 24.5 Å². The van der Waals surface area contributed by atoms with E-state index in [4.69, 9.17) is 9.72 Å². The van der Waals surface area contributed by atoms with Gasteiger partial charge in [-0.1, -0.05) is 30.3 Å². The van der Waals surface area contributed by atoms with Gasteiger partial charge in [-0.25, -0.2) is 14.5 Å².